The van der Waals surface area contributed by atoms with Gasteiger partial charge in [0.1, 0.15) is 0 Å². The quantitative estimate of drug-likeness (QED) is 0.591. The number of hydrogen-bond acceptors (Lipinski definition) is 4. The number of carbonyl (C=O) groups is 2. The van der Waals surface area contributed by atoms with Crippen molar-refractivity contribution < 1.29 is 19.1 Å². The summed E-state index contributed by atoms with van der Waals surface area (Å²) in [4.78, 5) is 23.8. The van der Waals surface area contributed by atoms with Crippen molar-refractivity contribution in [2.45, 2.75) is 39.0 Å². The molecule has 5 nitrogen and oxygen atoms in total. The minimum Gasteiger partial charge on any atom is -0.451 e. The first-order valence-corrected chi connectivity index (χ1v) is 7.24. The number of hydrogen-bond donors (Lipinski definition) is 1. The first-order chi connectivity index (χ1) is 10.5. The second kappa shape index (κ2) is 9.00. The molecule has 3 unspecified atom stereocenters. The summed E-state index contributed by atoms with van der Waals surface area (Å²) in [7, 11) is 0. The lowest BCUT2D eigenvalue weighted by Crippen LogP contribution is -2.39. The Morgan fingerprint density at radius 1 is 1.18 bits per heavy atom. The van der Waals surface area contributed by atoms with Crippen LogP contribution in [0.15, 0.2) is 43.0 Å². The van der Waals surface area contributed by atoms with Crippen LogP contribution in [-0.2, 0) is 19.1 Å². The molecule has 0 spiro atoms. The second-order valence-corrected chi connectivity index (χ2v) is 4.98. The first kappa shape index (κ1) is 17.9. The van der Waals surface area contributed by atoms with E-state index < -0.39 is 18.2 Å². The summed E-state index contributed by atoms with van der Waals surface area (Å²) in [6.07, 6.45) is -0.0743. The van der Waals surface area contributed by atoms with Gasteiger partial charge in [0.25, 0.3) is 5.91 Å². The van der Waals surface area contributed by atoms with E-state index in [0.29, 0.717) is 0 Å². The van der Waals surface area contributed by atoms with Crippen LogP contribution >= 0.6 is 0 Å². The van der Waals surface area contributed by atoms with E-state index >= 15 is 0 Å². The van der Waals surface area contributed by atoms with Gasteiger partial charge in [-0.25, -0.2) is 4.79 Å². The van der Waals surface area contributed by atoms with E-state index in [-0.39, 0.29) is 18.6 Å². The van der Waals surface area contributed by atoms with Crippen LogP contribution < -0.4 is 5.32 Å². The van der Waals surface area contributed by atoms with Crippen LogP contribution in [-0.4, -0.2) is 30.7 Å². The second-order valence-electron chi connectivity index (χ2n) is 4.98. The molecule has 1 N–H and O–H groups in total. The van der Waals surface area contributed by atoms with Gasteiger partial charge in [0.2, 0.25) is 0 Å². The third kappa shape index (κ3) is 5.69. The molecule has 0 saturated heterocycles. The summed E-state index contributed by atoms with van der Waals surface area (Å²) in [5.74, 6) is -0.919. The number of ether oxygens (including phenoxy) is 2. The summed E-state index contributed by atoms with van der Waals surface area (Å²) in [6.45, 7) is 8.73. The molecular formula is C17H23NO4. The Morgan fingerprint density at radius 3 is 2.41 bits per heavy atom. The summed E-state index contributed by atoms with van der Waals surface area (Å²) < 4.78 is 10.3. The predicted molar refractivity (Wildman–Crippen MR) is 84.2 cm³/mol. The van der Waals surface area contributed by atoms with Crippen molar-refractivity contribution in [1.29, 1.82) is 0 Å². The largest absolute Gasteiger partial charge is 0.451 e. The summed E-state index contributed by atoms with van der Waals surface area (Å²) in [5.41, 5.74) is 0.983. The molecule has 0 aliphatic rings. The number of amides is 1. The molecule has 0 aliphatic carbocycles. The third-order valence-corrected chi connectivity index (χ3v) is 3.12. The van der Waals surface area contributed by atoms with Crippen molar-refractivity contribution >= 4 is 11.9 Å². The number of benzene rings is 1. The zero-order valence-corrected chi connectivity index (χ0v) is 13.2. The Hall–Kier alpha value is -2.14. The minimum absolute atomic E-state index is 0.163. The van der Waals surface area contributed by atoms with Crippen LogP contribution in [0, 0.1) is 0 Å². The van der Waals surface area contributed by atoms with Gasteiger partial charge in [0.05, 0.1) is 12.6 Å². The molecule has 5 heteroatoms. The predicted octanol–water partition coefficient (Wildman–Crippen LogP) is 2.39. The van der Waals surface area contributed by atoms with Gasteiger partial charge in [-0.2, -0.15) is 0 Å². The molecular weight excluding hydrogens is 282 g/mol. The monoisotopic (exact) mass is 305 g/mol. The fourth-order valence-electron chi connectivity index (χ4n) is 1.76. The van der Waals surface area contributed by atoms with Crippen LogP contribution in [0.25, 0.3) is 0 Å². The molecule has 0 aromatic heterocycles. The lowest BCUT2D eigenvalue weighted by molar-refractivity contribution is -0.164. The molecule has 1 aromatic carbocycles. The minimum atomic E-state index is -0.881. The maximum absolute atomic E-state index is 12.1. The molecule has 0 radical (unpaired) electrons. The fraction of sp³-hybridized carbons (Fsp3) is 0.412. The molecule has 1 aromatic rings. The van der Waals surface area contributed by atoms with Crippen molar-refractivity contribution in [1.82, 2.24) is 5.32 Å². The molecule has 22 heavy (non-hydrogen) atoms. The van der Waals surface area contributed by atoms with Crippen molar-refractivity contribution in [2.75, 3.05) is 6.61 Å². The van der Waals surface area contributed by atoms with Gasteiger partial charge < -0.3 is 14.8 Å². The summed E-state index contributed by atoms with van der Waals surface area (Å²) >= 11 is 0. The van der Waals surface area contributed by atoms with E-state index in [0.717, 1.165) is 5.56 Å². The maximum Gasteiger partial charge on any atom is 0.335 e. The van der Waals surface area contributed by atoms with Gasteiger partial charge in [-0.05, 0) is 26.3 Å². The normalized spacial score (nSPS) is 14.5. The van der Waals surface area contributed by atoms with Crippen LogP contribution in [0.2, 0.25) is 0 Å². The van der Waals surface area contributed by atoms with E-state index in [1.54, 1.807) is 13.0 Å². The van der Waals surface area contributed by atoms with Crippen molar-refractivity contribution in [2.24, 2.45) is 0 Å². The molecule has 0 aliphatic heterocycles. The number of nitrogens with one attached hydrogen (secondary N) is 1. The van der Waals surface area contributed by atoms with Crippen LogP contribution in [0.4, 0.5) is 0 Å². The third-order valence-electron chi connectivity index (χ3n) is 3.12. The highest BCUT2D eigenvalue weighted by atomic mass is 16.6. The highest BCUT2D eigenvalue weighted by Gasteiger charge is 2.23. The Bertz CT molecular complexity index is 501. The molecule has 1 rings (SSSR count). The van der Waals surface area contributed by atoms with E-state index in [9.17, 15) is 9.59 Å². The molecule has 0 heterocycles. The Balaban J connectivity index is 2.48. The van der Waals surface area contributed by atoms with Crippen molar-refractivity contribution in [3.8, 4) is 0 Å². The highest BCUT2D eigenvalue weighted by molar-refractivity contribution is 5.84. The highest BCUT2D eigenvalue weighted by Crippen LogP contribution is 2.11. The standard InChI is InChI=1S/C17H23NO4/c1-5-11-21-14(4)17(20)22-13(3)16(19)18-12(2)15-9-7-6-8-10-15/h5-10,12-14H,1,11H2,2-4H3,(H,18,19). The van der Waals surface area contributed by atoms with Gasteiger partial charge in [0.15, 0.2) is 12.2 Å². The number of esters is 1. The number of rotatable bonds is 8. The Kier molecular flexibility index (Phi) is 7.32. The smallest absolute Gasteiger partial charge is 0.335 e. The van der Waals surface area contributed by atoms with Crippen molar-refractivity contribution in [3.05, 3.63) is 48.6 Å². The molecule has 1 amide bonds. The van der Waals surface area contributed by atoms with E-state index in [4.69, 9.17) is 9.47 Å². The van der Waals surface area contributed by atoms with Gasteiger partial charge >= 0.3 is 5.97 Å². The van der Waals surface area contributed by atoms with E-state index in [1.165, 1.54) is 6.92 Å². The molecule has 0 bridgehead atoms. The summed E-state index contributed by atoms with van der Waals surface area (Å²) in [6, 6.07) is 9.40. The lowest BCUT2D eigenvalue weighted by atomic mass is 10.1. The molecule has 0 fully saturated rings. The zero-order chi connectivity index (χ0) is 16.5. The van der Waals surface area contributed by atoms with Crippen LogP contribution in [0.3, 0.4) is 0 Å². The topological polar surface area (TPSA) is 64.6 Å². The lowest BCUT2D eigenvalue weighted by Gasteiger charge is -2.19. The molecule has 120 valence electrons. The molecule has 3 atom stereocenters. The van der Waals surface area contributed by atoms with Gasteiger partial charge in [-0.1, -0.05) is 36.4 Å². The Morgan fingerprint density at radius 2 is 1.82 bits per heavy atom. The first-order valence-electron chi connectivity index (χ1n) is 7.24. The van der Waals surface area contributed by atoms with E-state index in [1.807, 2.05) is 37.3 Å². The summed E-state index contributed by atoms with van der Waals surface area (Å²) in [5, 5.41) is 2.81. The van der Waals surface area contributed by atoms with Crippen LogP contribution in [0.5, 0.6) is 0 Å². The average Bonchev–Trinajstić information content (AvgIpc) is 2.52. The zero-order valence-electron chi connectivity index (χ0n) is 13.2. The van der Waals surface area contributed by atoms with Gasteiger partial charge in [-0.15, -0.1) is 6.58 Å². The van der Waals surface area contributed by atoms with Crippen molar-refractivity contribution in [3.63, 3.8) is 0 Å². The van der Waals surface area contributed by atoms with Gasteiger partial charge in [-0.3, -0.25) is 4.79 Å². The average molecular weight is 305 g/mol. The molecule has 0 saturated carbocycles. The Labute approximate surface area is 131 Å². The van der Waals surface area contributed by atoms with Gasteiger partial charge in [0, 0.05) is 0 Å². The maximum atomic E-state index is 12.1. The SMILES string of the molecule is C=CCOC(C)C(=O)OC(C)C(=O)NC(C)c1ccccc1. The van der Waals surface area contributed by atoms with E-state index in [2.05, 4.69) is 11.9 Å². The van der Waals surface area contributed by atoms with Crippen LogP contribution in [0.1, 0.15) is 32.4 Å². The number of carbonyl (C=O) groups excluding carboxylic acids is 2. The fourth-order valence-corrected chi connectivity index (χ4v) is 1.76.